The van der Waals surface area contributed by atoms with Crippen LogP contribution in [0, 0.1) is 17.2 Å². The van der Waals surface area contributed by atoms with Gasteiger partial charge in [-0.1, -0.05) is 0 Å². The van der Waals surface area contributed by atoms with Gasteiger partial charge in [0.1, 0.15) is 0 Å². The van der Waals surface area contributed by atoms with Crippen molar-refractivity contribution in [2.45, 2.75) is 51.9 Å². The number of benzene rings is 1. The molecule has 0 atom stereocenters. The van der Waals surface area contributed by atoms with E-state index in [0.29, 0.717) is 0 Å². The molecular formula is C28H34BN5. The van der Waals surface area contributed by atoms with Crippen LogP contribution in [0.3, 0.4) is 0 Å². The van der Waals surface area contributed by atoms with Crippen molar-refractivity contribution in [3.63, 3.8) is 0 Å². The minimum atomic E-state index is -0.163. The van der Waals surface area contributed by atoms with Gasteiger partial charge in [-0.2, -0.15) is 5.26 Å². The molecule has 2 aromatic heterocycles. The summed E-state index contributed by atoms with van der Waals surface area (Å²) in [6.07, 6.45) is 9.91. The van der Waals surface area contributed by atoms with Gasteiger partial charge in [-0.3, -0.25) is 0 Å². The van der Waals surface area contributed by atoms with E-state index in [1.165, 1.54) is 16.8 Å². The van der Waals surface area contributed by atoms with E-state index in [2.05, 4.69) is 90.9 Å². The molecule has 0 bridgehead atoms. The Kier molecular flexibility index (Phi) is 7.33. The quantitative estimate of drug-likeness (QED) is 0.470. The number of hydrogen-bond acceptors (Lipinski definition) is 4. The molecule has 0 aliphatic carbocycles. The zero-order valence-corrected chi connectivity index (χ0v) is 20.5. The Hall–Kier alpha value is -3.17. The summed E-state index contributed by atoms with van der Waals surface area (Å²) in [6, 6.07) is 13.3. The van der Waals surface area contributed by atoms with Crippen LogP contribution in [0.15, 0.2) is 48.8 Å². The molecule has 1 aliphatic heterocycles. The molecule has 3 aromatic rings. The summed E-state index contributed by atoms with van der Waals surface area (Å²) in [5, 5.41) is 10.5. The van der Waals surface area contributed by atoms with E-state index in [1.807, 2.05) is 12.4 Å². The first-order valence-corrected chi connectivity index (χ1v) is 12.2. The second-order valence-electron chi connectivity index (χ2n) is 9.91. The minimum absolute atomic E-state index is 0.157. The Bertz CT molecular complexity index is 1220. The summed E-state index contributed by atoms with van der Waals surface area (Å²) >= 11 is 0. The molecule has 174 valence electrons. The number of aromatic amines is 1. The molecule has 0 saturated carbocycles. The van der Waals surface area contributed by atoms with E-state index in [4.69, 9.17) is 5.73 Å². The van der Waals surface area contributed by atoms with Crippen LogP contribution in [-0.4, -0.2) is 41.5 Å². The maximum atomic E-state index is 9.32. The molecule has 1 aromatic carbocycles. The van der Waals surface area contributed by atoms with Crippen LogP contribution in [0.1, 0.15) is 45.1 Å². The molecule has 1 saturated heterocycles. The number of fused-ring (bicyclic) bond motifs is 1. The van der Waals surface area contributed by atoms with Gasteiger partial charge in [0.25, 0.3) is 0 Å². The molecule has 0 amide bonds. The summed E-state index contributed by atoms with van der Waals surface area (Å²) in [6.45, 7) is 10.1. The van der Waals surface area contributed by atoms with Crippen molar-refractivity contribution in [3.05, 3.63) is 54.4 Å². The number of rotatable bonds is 7. The number of pyridine rings is 1. The zero-order valence-electron chi connectivity index (χ0n) is 20.5. The first-order valence-electron chi connectivity index (χ1n) is 12.2. The number of hydrogen-bond donors (Lipinski definition) is 2. The summed E-state index contributed by atoms with van der Waals surface area (Å²) in [7, 11) is 0. The van der Waals surface area contributed by atoms with Gasteiger partial charge in [0, 0.05) is 0 Å². The average Bonchev–Trinajstić information content (AvgIpc) is 3.31. The van der Waals surface area contributed by atoms with Crippen LogP contribution in [0.5, 0.6) is 0 Å². The van der Waals surface area contributed by atoms with Gasteiger partial charge < -0.3 is 0 Å². The number of H-pyrrole nitrogens is 1. The van der Waals surface area contributed by atoms with Crippen molar-refractivity contribution in [1.82, 2.24) is 9.97 Å². The van der Waals surface area contributed by atoms with E-state index < -0.39 is 0 Å². The molecule has 34 heavy (non-hydrogen) atoms. The number of piperidine rings is 1. The molecule has 3 N–H and O–H groups in total. The van der Waals surface area contributed by atoms with Crippen molar-refractivity contribution in [2.75, 3.05) is 18.0 Å². The van der Waals surface area contributed by atoms with Crippen LogP contribution < -0.4 is 10.6 Å². The topological polar surface area (TPSA) is 81.7 Å². The molecule has 0 unspecified atom stereocenters. The van der Waals surface area contributed by atoms with Crippen molar-refractivity contribution in [2.24, 2.45) is 11.7 Å². The second kappa shape index (κ2) is 10.4. The van der Waals surface area contributed by atoms with Crippen LogP contribution in [-0.2, 0) is 0 Å². The molecule has 1 aliphatic rings. The summed E-state index contributed by atoms with van der Waals surface area (Å²) in [5.41, 5.74) is 12.8. The number of nitrogens with two attached hydrogens (primary N) is 1. The average molecular weight is 451 g/mol. The third-order valence-corrected chi connectivity index (χ3v) is 6.58. The Morgan fingerprint density at radius 1 is 1.26 bits per heavy atom. The predicted molar refractivity (Wildman–Crippen MR) is 145 cm³/mol. The van der Waals surface area contributed by atoms with Crippen LogP contribution in [0.4, 0.5) is 5.69 Å². The predicted octanol–water partition coefficient (Wildman–Crippen LogP) is 5.43. The fraction of sp³-hybridized carbons (Fsp3) is 0.393. The van der Waals surface area contributed by atoms with Gasteiger partial charge in [-0.25, -0.2) is 0 Å². The third-order valence-electron chi connectivity index (χ3n) is 6.58. The van der Waals surface area contributed by atoms with Crippen molar-refractivity contribution >= 4 is 35.2 Å². The summed E-state index contributed by atoms with van der Waals surface area (Å²) in [4.78, 5) is 10.4. The fourth-order valence-corrected chi connectivity index (χ4v) is 4.68. The fourth-order valence-electron chi connectivity index (χ4n) is 4.68. The van der Waals surface area contributed by atoms with E-state index in [9.17, 15) is 5.26 Å². The Morgan fingerprint density at radius 3 is 2.65 bits per heavy atom. The molecule has 4 rings (SSSR count). The van der Waals surface area contributed by atoms with Gasteiger partial charge in [0.05, 0.1) is 6.07 Å². The number of allylic oxidation sites excluding steroid dienone is 2. The molecule has 0 spiro atoms. The number of anilines is 1. The van der Waals surface area contributed by atoms with Crippen molar-refractivity contribution in [1.29, 1.82) is 5.26 Å². The van der Waals surface area contributed by atoms with Gasteiger partial charge in [0.2, 0.25) is 0 Å². The third kappa shape index (κ3) is 5.48. The van der Waals surface area contributed by atoms with Gasteiger partial charge in [-0.05, 0) is 0 Å². The SMILES string of the molecule is CB=C/C(=C\CCC(C)(C)N)c1ccc(-c2cnc3[nH]ccc3c2N2CCC(C#N)CC2)cc1. The Labute approximate surface area is 203 Å². The van der Waals surface area contributed by atoms with Crippen molar-refractivity contribution in [3.8, 4) is 17.2 Å². The van der Waals surface area contributed by atoms with Crippen LogP contribution >= 0.6 is 0 Å². The molecular weight excluding hydrogens is 417 g/mol. The summed E-state index contributed by atoms with van der Waals surface area (Å²) in [5.74, 6) is 2.32. The van der Waals surface area contributed by atoms with Crippen LogP contribution in [0.25, 0.3) is 27.7 Å². The molecule has 1 fully saturated rings. The van der Waals surface area contributed by atoms with Gasteiger partial charge in [-0.15, -0.1) is 0 Å². The maximum absolute atomic E-state index is 9.32. The zero-order chi connectivity index (χ0) is 24.1. The Balaban J connectivity index is 1.66. The number of aromatic nitrogens is 2. The van der Waals surface area contributed by atoms with Gasteiger partial charge >= 0.3 is 192 Å². The standard InChI is InChI=1S/C28H34BN5/c1-28(2,31)13-4-5-23(17-29-3)21-6-8-22(9-7-21)25-19-33-27-24(10-14-32-27)26(25)34-15-11-20(18-30)12-16-34/h5-10,14,17,19-20H,4,11-13,15-16,31H2,1-3H3,(H,32,33)/b23-5+. The summed E-state index contributed by atoms with van der Waals surface area (Å²) < 4.78 is 0. The molecule has 3 heterocycles. The molecule has 5 nitrogen and oxygen atoms in total. The monoisotopic (exact) mass is 451 g/mol. The van der Waals surface area contributed by atoms with Crippen LogP contribution in [0.2, 0.25) is 6.82 Å². The van der Waals surface area contributed by atoms with E-state index >= 15 is 0 Å². The Morgan fingerprint density at radius 2 is 2.00 bits per heavy atom. The number of nitriles is 1. The molecule has 0 radical (unpaired) electrons. The second-order valence-corrected chi connectivity index (χ2v) is 9.91. The number of nitrogens with zero attached hydrogens (tertiary/aromatic N) is 3. The van der Waals surface area contributed by atoms with Gasteiger partial charge in [0.15, 0.2) is 0 Å². The van der Waals surface area contributed by atoms with E-state index in [0.717, 1.165) is 60.9 Å². The molecule has 6 heteroatoms. The van der Waals surface area contributed by atoms with Crippen molar-refractivity contribution < 1.29 is 0 Å². The first kappa shape index (κ1) is 24.0. The van der Waals surface area contributed by atoms with E-state index in [1.54, 1.807) is 0 Å². The first-order chi connectivity index (χ1) is 16.4. The number of nitrogens with one attached hydrogen (secondary N) is 1. The normalized spacial score (nSPS) is 15.6. The van der Waals surface area contributed by atoms with E-state index in [-0.39, 0.29) is 11.5 Å².